The molecule has 12 heteroatoms. The van der Waals surface area contributed by atoms with Crippen molar-refractivity contribution < 1.29 is 18.9 Å². The van der Waals surface area contributed by atoms with Crippen LogP contribution in [0.25, 0.3) is 11.3 Å². The molecule has 1 atom stereocenters. The number of rotatable bonds is 6. The van der Waals surface area contributed by atoms with Gasteiger partial charge < -0.3 is 10.8 Å². The van der Waals surface area contributed by atoms with Gasteiger partial charge in [-0.2, -0.15) is 10.2 Å². The Morgan fingerprint density at radius 3 is 2.52 bits per heavy atom. The van der Waals surface area contributed by atoms with Gasteiger partial charge in [0, 0.05) is 37.5 Å². The van der Waals surface area contributed by atoms with Crippen molar-refractivity contribution in [2.24, 2.45) is 0 Å². The Labute approximate surface area is 232 Å². The molecular formula is C28H28FN7O3S. The summed E-state index contributed by atoms with van der Waals surface area (Å²) in [7, 11) is -1.35. The molecule has 0 radical (unpaired) electrons. The zero-order valence-electron chi connectivity index (χ0n) is 21.7. The summed E-state index contributed by atoms with van der Waals surface area (Å²) in [6.45, 7) is 3.24. The second-order valence-electron chi connectivity index (χ2n) is 9.51. The van der Waals surface area contributed by atoms with Gasteiger partial charge in [-0.15, -0.1) is 0 Å². The molecule has 1 fully saturated rings. The zero-order chi connectivity index (χ0) is 26.9. The molecule has 2 aromatic carbocycles. The number of nitrogens with zero attached hydrogens (tertiary/aromatic N) is 6. The first kappa shape index (κ1) is 27.3. The summed E-state index contributed by atoms with van der Waals surface area (Å²) in [5.41, 5.74) is 3.64. The monoisotopic (exact) mass is 561 g/mol. The van der Waals surface area contributed by atoms with Crippen LogP contribution in [-0.2, 0) is 11.0 Å². The van der Waals surface area contributed by atoms with Crippen LogP contribution in [0.4, 0.5) is 10.2 Å². The SMILES string of the molecule is Cc1ccc(-n2nc(C3CCN(S(=O)c4ccc(F)cc4)CC3)cc2NC(=O)c2cnn3cccnc23)cc1.O. The highest BCUT2D eigenvalue weighted by Crippen LogP contribution is 2.32. The largest absolute Gasteiger partial charge is 0.412 e. The second kappa shape index (κ2) is 11.5. The molecule has 40 heavy (non-hydrogen) atoms. The quantitative estimate of drug-likeness (QED) is 0.338. The third kappa shape index (κ3) is 5.41. The molecule has 0 spiro atoms. The molecule has 1 amide bonds. The Balaban J connectivity index is 0.00000323. The van der Waals surface area contributed by atoms with Gasteiger partial charge in [-0.3, -0.25) is 4.79 Å². The molecule has 1 saturated heterocycles. The smallest absolute Gasteiger partial charge is 0.262 e. The second-order valence-corrected chi connectivity index (χ2v) is 11.0. The summed E-state index contributed by atoms with van der Waals surface area (Å²) >= 11 is 0. The molecule has 0 saturated carbocycles. The maximum Gasteiger partial charge on any atom is 0.262 e. The Kier molecular flexibility index (Phi) is 7.83. The fraction of sp³-hybridized carbons (Fsp3) is 0.214. The molecule has 206 valence electrons. The first-order valence-corrected chi connectivity index (χ1v) is 13.8. The maximum atomic E-state index is 13.3. The Morgan fingerprint density at radius 1 is 1.07 bits per heavy atom. The standard InChI is InChI=1S/C28H26FN7O2S.H2O/c1-19-3-7-22(8-4-19)36-26(32-28(37)24-18-31-35-14-2-13-30-27(24)35)17-25(33-36)20-11-15-34(16-12-20)39(38)23-9-5-21(29)6-10-23;/h2-10,13-14,17-18,20H,11-12,15-16H2,1H3,(H,32,37);1H2. The molecule has 6 rings (SSSR count). The van der Waals surface area contributed by atoms with Gasteiger partial charge in [0.05, 0.1) is 22.5 Å². The van der Waals surface area contributed by atoms with Gasteiger partial charge in [-0.25, -0.2) is 27.1 Å². The molecule has 10 nitrogen and oxygen atoms in total. The molecule has 1 aliphatic rings. The lowest BCUT2D eigenvalue weighted by molar-refractivity contribution is 0.102. The van der Waals surface area contributed by atoms with Gasteiger partial charge >= 0.3 is 0 Å². The van der Waals surface area contributed by atoms with E-state index >= 15 is 0 Å². The minimum atomic E-state index is -1.35. The minimum Gasteiger partial charge on any atom is -0.412 e. The summed E-state index contributed by atoms with van der Waals surface area (Å²) in [6.07, 6.45) is 6.37. The van der Waals surface area contributed by atoms with Gasteiger partial charge in [0.2, 0.25) is 0 Å². The average molecular weight is 562 g/mol. The van der Waals surface area contributed by atoms with Crippen molar-refractivity contribution in [3.05, 3.63) is 102 Å². The van der Waals surface area contributed by atoms with Crippen molar-refractivity contribution in [2.45, 2.75) is 30.6 Å². The van der Waals surface area contributed by atoms with Crippen LogP contribution >= 0.6 is 0 Å². The van der Waals surface area contributed by atoms with Crippen LogP contribution in [0.2, 0.25) is 0 Å². The van der Waals surface area contributed by atoms with E-state index in [4.69, 9.17) is 5.10 Å². The van der Waals surface area contributed by atoms with Crippen LogP contribution in [0.1, 0.15) is 40.4 Å². The van der Waals surface area contributed by atoms with E-state index in [0.717, 1.165) is 29.8 Å². The maximum absolute atomic E-state index is 13.3. The van der Waals surface area contributed by atoms with E-state index in [9.17, 15) is 13.4 Å². The molecule has 5 aromatic rings. The van der Waals surface area contributed by atoms with E-state index in [2.05, 4.69) is 15.4 Å². The fourth-order valence-corrected chi connectivity index (χ4v) is 5.97. The number of piperidine rings is 1. The van der Waals surface area contributed by atoms with E-state index in [1.807, 2.05) is 41.6 Å². The van der Waals surface area contributed by atoms with Gasteiger partial charge in [0.1, 0.15) is 28.2 Å². The van der Waals surface area contributed by atoms with Gasteiger partial charge in [-0.1, -0.05) is 17.7 Å². The number of hydrogen-bond donors (Lipinski definition) is 1. The highest BCUT2D eigenvalue weighted by atomic mass is 32.2. The number of aromatic nitrogens is 5. The van der Waals surface area contributed by atoms with E-state index in [-0.39, 0.29) is 23.1 Å². The average Bonchev–Trinajstić information content (AvgIpc) is 3.58. The predicted octanol–water partition coefficient (Wildman–Crippen LogP) is 3.69. The number of nitrogens with one attached hydrogen (secondary N) is 1. The Bertz CT molecular complexity index is 1660. The molecule has 1 unspecified atom stereocenters. The van der Waals surface area contributed by atoms with Crippen molar-refractivity contribution in [3.8, 4) is 5.69 Å². The third-order valence-corrected chi connectivity index (χ3v) is 8.40. The highest BCUT2D eigenvalue weighted by molar-refractivity contribution is 7.82. The van der Waals surface area contributed by atoms with Crippen molar-refractivity contribution >= 4 is 28.4 Å². The lowest BCUT2D eigenvalue weighted by Crippen LogP contribution is -2.34. The molecule has 3 aromatic heterocycles. The number of fused-ring (bicyclic) bond motifs is 1. The van der Waals surface area contributed by atoms with E-state index in [0.29, 0.717) is 35.0 Å². The number of hydrogen-bond acceptors (Lipinski definition) is 5. The van der Waals surface area contributed by atoms with Crippen molar-refractivity contribution in [3.63, 3.8) is 0 Å². The number of carbonyl (C=O) groups is 1. The first-order valence-electron chi connectivity index (χ1n) is 12.7. The van der Waals surface area contributed by atoms with Crippen LogP contribution in [0, 0.1) is 12.7 Å². The lowest BCUT2D eigenvalue weighted by Gasteiger charge is -2.29. The number of benzene rings is 2. The van der Waals surface area contributed by atoms with Crippen LogP contribution in [0.5, 0.6) is 0 Å². The molecule has 4 heterocycles. The summed E-state index contributed by atoms with van der Waals surface area (Å²) in [4.78, 5) is 18.2. The first-order chi connectivity index (χ1) is 19.0. The topological polar surface area (TPSA) is 129 Å². The van der Waals surface area contributed by atoms with Crippen LogP contribution in [0.15, 0.2) is 84.1 Å². The molecule has 1 aliphatic heterocycles. The van der Waals surface area contributed by atoms with Gasteiger partial charge in [0.25, 0.3) is 5.91 Å². The molecular weight excluding hydrogens is 533 g/mol. The van der Waals surface area contributed by atoms with Gasteiger partial charge in [-0.05, 0) is 62.2 Å². The number of amides is 1. The minimum absolute atomic E-state index is 0. The Hall–Kier alpha value is -4.26. The van der Waals surface area contributed by atoms with Crippen molar-refractivity contribution in [1.82, 2.24) is 28.7 Å². The summed E-state index contributed by atoms with van der Waals surface area (Å²) < 4.78 is 31.5. The predicted molar refractivity (Wildman–Crippen MR) is 149 cm³/mol. The summed E-state index contributed by atoms with van der Waals surface area (Å²) in [5, 5.41) is 12.1. The van der Waals surface area contributed by atoms with Crippen molar-refractivity contribution in [2.75, 3.05) is 18.4 Å². The number of anilines is 1. The highest BCUT2D eigenvalue weighted by Gasteiger charge is 2.28. The van der Waals surface area contributed by atoms with Crippen LogP contribution < -0.4 is 5.32 Å². The summed E-state index contributed by atoms with van der Waals surface area (Å²) in [5.74, 6) is 0.00583. The van der Waals surface area contributed by atoms with Gasteiger partial charge in [0.15, 0.2) is 5.65 Å². The normalized spacial score (nSPS) is 15.1. The molecule has 0 aliphatic carbocycles. The summed E-state index contributed by atoms with van der Waals surface area (Å²) in [6, 6.07) is 17.4. The number of carbonyl (C=O) groups excluding carboxylic acids is 1. The molecule has 0 bridgehead atoms. The number of halogens is 1. The van der Waals surface area contributed by atoms with Crippen molar-refractivity contribution in [1.29, 1.82) is 0 Å². The lowest BCUT2D eigenvalue weighted by atomic mass is 9.95. The van der Waals surface area contributed by atoms with E-state index in [1.165, 1.54) is 18.3 Å². The third-order valence-electron chi connectivity index (χ3n) is 6.89. The number of aryl methyl sites for hydroxylation is 1. The van der Waals surface area contributed by atoms with Crippen LogP contribution in [-0.4, -0.2) is 57.4 Å². The fourth-order valence-electron chi connectivity index (χ4n) is 4.76. The van der Waals surface area contributed by atoms with E-state index < -0.39 is 11.0 Å². The van der Waals surface area contributed by atoms with E-state index in [1.54, 1.807) is 39.8 Å². The molecule has 3 N–H and O–H groups in total. The zero-order valence-corrected chi connectivity index (χ0v) is 22.5. The Morgan fingerprint density at radius 2 is 1.80 bits per heavy atom. The van der Waals surface area contributed by atoms with Crippen LogP contribution in [0.3, 0.4) is 0 Å².